The molecule has 0 amide bonds. The maximum Gasteiger partial charge on any atom is 0.191 e. The number of pyridine rings is 1. The van der Waals surface area contributed by atoms with Gasteiger partial charge >= 0.3 is 0 Å². The number of hydrogen-bond acceptors (Lipinski definition) is 4. The van der Waals surface area contributed by atoms with E-state index in [0.717, 1.165) is 57.5 Å². The minimum absolute atomic E-state index is 0. The summed E-state index contributed by atoms with van der Waals surface area (Å²) in [6.45, 7) is 8.70. The number of benzene rings is 1. The Morgan fingerprint density at radius 3 is 2.59 bits per heavy atom. The summed E-state index contributed by atoms with van der Waals surface area (Å²) in [7, 11) is 0. The molecule has 3 rings (SSSR count). The van der Waals surface area contributed by atoms with E-state index in [1.54, 1.807) is 12.3 Å². The molecule has 8 heteroatoms. The van der Waals surface area contributed by atoms with Gasteiger partial charge in [-0.1, -0.05) is 41.9 Å². The maximum atomic E-state index is 5.84. The Balaban J connectivity index is 0.00000300. The second kappa shape index (κ2) is 13.0. The van der Waals surface area contributed by atoms with Gasteiger partial charge in [0.15, 0.2) is 5.96 Å². The van der Waals surface area contributed by atoms with E-state index in [-0.39, 0.29) is 24.0 Å². The lowest BCUT2D eigenvalue weighted by atomic mass is 10.1. The number of rotatable bonds is 7. The van der Waals surface area contributed by atoms with E-state index in [1.807, 2.05) is 6.07 Å². The fourth-order valence-corrected chi connectivity index (χ4v) is 3.19. The molecular formula is C21H29ClIN5O. The van der Waals surface area contributed by atoms with Gasteiger partial charge in [0.25, 0.3) is 0 Å². The van der Waals surface area contributed by atoms with Crippen LogP contribution in [-0.4, -0.2) is 48.7 Å². The van der Waals surface area contributed by atoms with Crippen LogP contribution < -0.4 is 10.6 Å². The molecule has 0 bridgehead atoms. The molecule has 0 spiro atoms. The molecular weight excluding hydrogens is 501 g/mol. The molecule has 0 saturated carbocycles. The Kier molecular flexibility index (Phi) is 10.7. The van der Waals surface area contributed by atoms with Crippen LogP contribution in [0.25, 0.3) is 0 Å². The van der Waals surface area contributed by atoms with Gasteiger partial charge in [-0.05, 0) is 29.7 Å². The average molecular weight is 530 g/mol. The molecule has 2 heterocycles. The Bertz CT molecular complexity index is 766. The molecule has 2 N–H and O–H groups in total. The van der Waals surface area contributed by atoms with Crippen LogP contribution in [0.15, 0.2) is 47.6 Å². The summed E-state index contributed by atoms with van der Waals surface area (Å²) in [4.78, 5) is 11.2. The Hall–Kier alpha value is -1.42. The fraction of sp³-hybridized carbons (Fsp3) is 0.429. The first kappa shape index (κ1) is 23.9. The number of ether oxygens (including phenoxy) is 1. The van der Waals surface area contributed by atoms with E-state index in [4.69, 9.17) is 16.3 Å². The molecule has 0 unspecified atom stereocenters. The predicted molar refractivity (Wildman–Crippen MR) is 129 cm³/mol. The highest BCUT2D eigenvalue weighted by Crippen LogP contribution is 2.13. The molecule has 1 aromatic carbocycles. The van der Waals surface area contributed by atoms with Crippen molar-refractivity contribution in [3.05, 3.63) is 64.4 Å². The van der Waals surface area contributed by atoms with Crippen LogP contribution in [-0.2, 0) is 24.4 Å². The monoisotopic (exact) mass is 529 g/mol. The van der Waals surface area contributed by atoms with Crippen LogP contribution in [0.2, 0.25) is 5.15 Å². The van der Waals surface area contributed by atoms with Crippen LogP contribution in [0.1, 0.15) is 23.6 Å². The standard InChI is InChI=1S/C21H28ClN5O.HI/c1-2-23-21(25-14-17-7-8-20(22)24-13-17)26-15-18-5-3-4-6-19(18)16-27-9-11-28-12-10-27;/h3-8,13H,2,9-12,14-16H2,1H3,(H2,23,25,26);1H. The highest BCUT2D eigenvalue weighted by atomic mass is 127. The third-order valence-electron chi connectivity index (χ3n) is 4.61. The van der Waals surface area contributed by atoms with Crippen molar-refractivity contribution in [3.63, 3.8) is 0 Å². The number of morpholine rings is 1. The molecule has 6 nitrogen and oxygen atoms in total. The zero-order valence-corrected chi connectivity index (χ0v) is 19.8. The number of hydrogen-bond donors (Lipinski definition) is 2. The van der Waals surface area contributed by atoms with E-state index in [9.17, 15) is 0 Å². The van der Waals surface area contributed by atoms with E-state index in [2.05, 4.69) is 56.7 Å². The van der Waals surface area contributed by atoms with Crippen molar-refractivity contribution in [2.24, 2.45) is 4.99 Å². The van der Waals surface area contributed by atoms with Gasteiger partial charge in [0.05, 0.1) is 19.8 Å². The van der Waals surface area contributed by atoms with Crippen LogP contribution in [0.3, 0.4) is 0 Å². The maximum absolute atomic E-state index is 5.84. The largest absolute Gasteiger partial charge is 0.379 e. The Labute approximate surface area is 195 Å². The normalized spacial score (nSPS) is 14.9. The van der Waals surface area contributed by atoms with Gasteiger partial charge in [-0.25, -0.2) is 9.98 Å². The van der Waals surface area contributed by atoms with Gasteiger partial charge in [0.2, 0.25) is 0 Å². The van der Waals surface area contributed by atoms with Crippen molar-refractivity contribution in [1.82, 2.24) is 20.5 Å². The van der Waals surface area contributed by atoms with E-state index >= 15 is 0 Å². The lowest BCUT2D eigenvalue weighted by molar-refractivity contribution is 0.0341. The molecule has 1 aliphatic rings. The van der Waals surface area contributed by atoms with Gasteiger partial charge in [-0.15, -0.1) is 24.0 Å². The Morgan fingerprint density at radius 2 is 1.90 bits per heavy atom. The van der Waals surface area contributed by atoms with Crippen LogP contribution in [0, 0.1) is 0 Å². The summed E-state index contributed by atoms with van der Waals surface area (Å²) < 4.78 is 5.45. The summed E-state index contributed by atoms with van der Waals surface area (Å²) in [6.07, 6.45) is 1.76. The molecule has 29 heavy (non-hydrogen) atoms. The average Bonchev–Trinajstić information content (AvgIpc) is 2.73. The predicted octanol–water partition coefficient (Wildman–Crippen LogP) is 3.44. The molecule has 1 aromatic heterocycles. The Morgan fingerprint density at radius 1 is 1.14 bits per heavy atom. The van der Waals surface area contributed by atoms with Gasteiger partial charge in [0.1, 0.15) is 5.15 Å². The molecule has 1 saturated heterocycles. The first-order chi connectivity index (χ1) is 13.7. The summed E-state index contributed by atoms with van der Waals surface area (Å²) in [5.41, 5.74) is 3.65. The van der Waals surface area contributed by atoms with Crippen LogP contribution >= 0.6 is 35.6 Å². The highest BCUT2D eigenvalue weighted by molar-refractivity contribution is 14.0. The smallest absolute Gasteiger partial charge is 0.191 e. The minimum atomic E-state index is 0. The number of aliphatic imine (C=N–C) groups is 1. The van der Waals surface area contributed by atoms with Crippen molar-refractivity contribution >= 4 is 41.5 Å². The van der Waals surface area contributed by atoms with E-state index in [1.165, 1.54) is 11.1 Å². The van der Waals surface area contributed by atoms with Gasteiger partial charge in [0, 0.05) is 38.9 Å². The first-order valence-electron chi connectivity index (χ1n) is 9.74. The molecule has 2 aromatic rings. The molecule has 1 aliphatic heterocycles. The van der Waals surface area contributed by atoms with Crippen molar-refractivity contribution < 1.29 is 4.74 Å². The second-order valence-corrected chi connectivity index (χ2v) is 7.08. The number of guanidine groups is 1. The lowest BCUT2D eigenvalue weighted by Crippen LogP contribution is -2.38. The number of nitrogens with zero attached hydrogens (tertiary/aromatic N) is 3. The van der Waals surface area contributed by atoms with Crippen molar-refractivity contribution in [2.45, 2.75) is 26.6 Å². The minimum Gasteiger partial charge on any atom is -0.379 e. The van der Waals surface area contributed by atoms with Gasteiger partial charge in [-0.2, -0.15) is 0 Å². The van der Waals surface area contributed by atoms with Crippen molar-refractivity contribution in [2.75, 3.05) is 32.8 Å². The quantitative estimate of drug-likeness (QED) is 0.249. The van der Waals surface area contributed by atoms with Crippen molar-refractivity contribution in [3.8, 4) is 0 Å². The van der Waals surface area contributed by atoms with Crippen LogP contribution in [0.4, 0.5) is 0 Å². The van der Waals surface area contributed by atoms with Crippen LogP contribution in [0.5, 0.6) is 0 Å². The number of halogens is 2. The fourth-order valence-electron chi connectivity index (χ4n) is 3.08. The van der Waals surface area contributed by atoms with E-state index < -0.39 is 0 Å². The zero-order chi connectivity index (χ0) is 19.6. The summed E-state index contributed by atoms with van der Waals surface area (Å²) in [5.74, 6) is 0.790. The lowest BCUT2D eigenvalue weighted by Gasteiger charge is -2.27. The zero-order valence-electron chi connectivity index (χ0n) is 16.7. The first-order valence-corrected chi connectivity index (χ1v) is 10.1. The highest BCUT2D eigenvalue weighted by Gasteiger charge is 2.12. The van der Waals surface area contributed by atoms with Crippen molar-refractivity contribution in [1.29, 1.82) is 0 Å². The van der Waals surface area contributed by atoms with Gasteiger partial charge < -0.3 is 15.4 Å². The molecule has 0 radical (unpaired) electrons. The van der Waals surface area contributed by atoms with Gasteiger partial charge in [-0.3, -0.25) is 4.90 Å². The third kappa shape index (κ3) is 8.08. The third-order valence-corrected chi connectivity index (χ3v) is 4.84. The SMILES string of the molecule is CCNC(=NCc1ccc(Cl)nc1)NCc1ccccc1CN1CCOCC1.I. The summed E-state index contributed by atoms with van der Waals surface area (Å²) >= 11 is 5.84. The molecule has 0 atom stereocenters. The molecule has 1 fully saturated rings. The number of aromatic nitrogens is 1. The topological polar surface area (TPSA) is 61.8 Å². The molecule has 0 aliphatic carbocycles. The summed E-state index contributed by atoms with van der Waals surface area (Å²) in [5, 5.41) is 7.24. The number of nitrogens with one attached hydrogen (secondary N) is 2. The van der Waals surface area contributed by atoms with E-state index in [0.29, 0.717) is 11.7 Å². The second-order valence-electron chi connectivity index (χ2n) is 6.70. The molecule has 158 valence electrons. The summed E-state index contributed by atoms with van der Waals surface area (Å²) in [6, 6.07) is 12.3.